The summed E-state index contributed by atoms with van der Waals surface area (Å²) in [6, 6.07) is 5.36. The van der Waals surface area contributed by atoms with Crippen molar-refractivity contribution in [1.82, 2.24) is 0 Å². The van der Waals surface area contributed by atoms with Crippen molar-refractivity contribution in [1.29, 1.82) is 0 Å². The predicted octanol–water partition coefficient (Wildman–Crippen LogP) is 3.98. The highest BCUT2D eigenvalue weighted by molar-refractivity contribution is 5.64. The maximum atomic E-state index is 11.2. The summed E-state index contributed by atoms with van der Waals surface area (Å²) in [5.41, 5.74) is 0.687. The van der Waals surface area contributed by atoms with E-state index in [1.807, 2.05) is 6.92 Å². The van der Waals surface area contributed by atoms with Gasteiger partial charge < -0.3 is 10.1 Å². The van der Waals surface area contributed by atoms with Crippen LogP contribution >= 0.6 is 0 Å². The Morgan fingerprint density at radius 2 is 2.25 bits per heavy atom. The van der Waals surface area contributed by atoms with Gasteiger partial charge in [0.05, 0.1) is 17.6 Å². The minimum Gasteiger partial charge on any atom is -0.494 e. The molecule has 1 aliphatic rings. The first-order valence-electron chi connectivity index (χ1n) is 7.28. The van der Waals surface area contributed by atoms with Gasteiger partial charge in [-0.2, -0.15) is 0 Å². The van der Waals surface area contributed by atoms with Gasteiger partial charge in [0.1, 0.15) is 11.4 Å². The van der Waals surface area contributed by atoms with Crippen LogP contribution in [0.4, 0.5) is 11.4 Å². The average molecular weight is 278 g/mol. The Hall–Kier alpha value is -1.78. The van der Waals surface area contributed by atoms with Gasteiger partial charge in [-0.1, -0.05) is 19.8 Å². The topological polar surface area (TPSA) is 64.4 Å². The normalized spacial score (nSPS) is 22.3. The van der Waals surface area contributed by atoms with Crippen LogP contribution in [0.2, 0.25) is 0 Å². The smallest absolute Gasteiger partial charge is 0.296 e. The second-order valence-electron chi connectivity index (χ2n) is 5.48. The second-order valence-corrected chi connectivity index (χ2v) is 5.48. The molecule has 0 heterocycles. The van der Waals surface area contributed by atoms with E-state index in [4.69, 9.17) is 4.74 Å². The zero-order valence-electron chi connectivity index (χ0n) is 12.1. The largest absolute Gasteiger partial charge is 0.494 e. The minimum absolute atomic E-state index is 0.0918. The van der Waals surface area contributed by atoms with Crippen molar-refractivity contribution in [2.75, 3.05) is 11.9 Å². The number of hydrogen-bond donors (Lipinski definition) is 1. The Balaban J connectivity index is 2.15. The Morgan fingerprint density at radius 3 is 2.90 bits per heavy atom. The van der Waals surface area contributed by atoms with Gasteiger partial charge in [0.15, 0.2) is 0 Å². The molecule has 1 aromatic rings. The van der Waals surface area contributed by atoms with E-state index in [1.165, 1.54) is 18.9 Å². The predicted molar refractivity (Wildman–Crippen MR) is 79.3 cm³/mol. The molecule has 20 heavy (non-hydrogen) atoms. The molecule has 0 aromatic heterocycles. The van der Waals surface area contributed by atoms with Crippen LogP contribution in [-0.2, 0) is 0 Å². The highest BCUT2D eigenvalue weighted by Gasteiger charge is 2.22. The molecular formula is C15H22N2O3. The molecule has 0 radical (unpaired) electrons. The quantitative estimate of drug-likeness (QED) is 0.653. The Kier molecular flexibility index (Phi) is 4.82. The standard InChI is InChI=1S/C15H22N2O3/c1-3-20-13-7-8-14(15(10-13)17(18)19)16-12-6-4-5-11(2)9-12/h7-8,10-12,16H,3-6,9H2,1-2H3. The fraction of sp³-hybridized carbons (Fsp3) is 0.600. The van der Waals surface area contributed by atoms with Gasteiger partial charge in [0.2, 0.25) is 0 Å². The van der Waals surface area contributed by atoms with E-state index < -0.39 is 0 Å². The minimum atomic E-state index is -0.350. The Bertz CT molecular complexity index is 476. The third-order valence-electron chi connectivity index (χ3n) is 3.77. The summed E-state index contributed by atoms with van der Waals surface area (Å²) in [5, 5.41) is 14.5. The van der Waals surface area contributed by atoms with Gasteiger partial charge in [-0.05, 0) is 37.8 Å². The van der Waals surface area contributed by atoms with Crippen LogP contribution < -0.4 is 10.1 Å². The molecule has 1 N–H and O–H groups in total. The molecule has 2 rings (SSSR count). The summed E-state index contributed by atoms with van der Waals surface area (Å²) in [6.07, 6.45) is 4.59. The molecular weight excluding hydrogens is 256 g/mol. The summed E-state index contributed by atoms with van der Waals surface area (Å²) in [5.74, 6) is 1.23. The average Bonchev–Trinajstić information content (AvgIpc) is 2.40. The molecule has 5 nitrogen and oxygen atoms in total. The van der Waals surface area contributed by atoms with Crippen molar-refractivity contribution < 1.29 is 9.66 Å². The summed E-state index contributed by atoms with van der Waals surface area (Å²) < 4.78 is 5.33. The fourth-order valence-electron chi connectivity index (χ4n) is 2.83. The first-order chi connectivity index (χ1) is 9.60. The van der Waals surface area contributed by atoms with Gasteiger partial charge in [-0.25, -0.2) is 0 Å². The number of nitro groups is 1. The summed E-state index contributed by atoms with van der Waals surface area (Å²) in [4.78, 5) is 10.8. The van der Waals surface area contributed by atoms with Crippen molar-refractivity contribution >= 4 is 11.4 Å². The van der Waals surface area contributed by atoms with Gasteiger partial charge in [-0.3, -0.25) is 10.1 Å². The molecule has 0 bridgehead atoms. The third-order valence-corrected chi connectivity index (χ3v) is 3.77. The molecule has 1 saturated carbocycles. The van der Waals surface area contributed by atoms with E-state index in [-0.39, 0.29) is 10.6 Å². The summed E-state index contributed by atoms with van der Waals surface area (Å²) >= 11 is 0. The highest BCUT2D eigenvalue weighted by Crippen LogP contribution is 2.32. The van der Waals surface area contributed by atoms with E-state index in [0.717, 1.165) is 12.8 Å². The van der Waals surface area contributed by atoms with Crippen molar-refractivity contribution in [2.24, 2.45) is 5.92 Å². The lowest BCUT2D eigenvalue weighted by molar-refractivity contribution is -0.384. The number of ether oxygens (including phenoxy) is 1. The number of anilines is 1. The lowest BCUT2D eigenvalue weighted by Crippen LogP contribution is -2.26. The number of rotatable bonds is 5. The lowest BCUT2D eigenvalue weighted by Gasteiger charge is -2.28. The van der Waals surface area contributed by atoms with Crippen LogP contribution in [0.5, 0.6) is 5.75 Å². The zero-order chi connectivity index (χ0) is 14.5. The Labute approximate surface area is 119 Å². The number of hydrogen-bond acceptors (Lipinski definition) is 4. The maximum absolute atomic E-state index is 11.2. The third kappa shape index (κ3) is 3.62. The monoisotopic (exact) mass is 278 g/mol. The molecule has 1 aliphatic carbocycles. The second kappa shape index (κ2) is 6.59. The van der Waals surface area contributed by atoms with E-state index in [0.29, 0.717) is 30.0 Å². The van der Waals surface area contributed by atoms with Gasteiger partial charge >= 0.3 is 0 Å². The SMILES string of the molecule is CCOc1ccc(NC2CCCC(C)C2)c([N+](=O)[O-])c1. The van der Waals surface area contributed by atoms with Crippen LogP contribution in [0.1, 0.15) is 39.5 Å². The first kappa shape index (κ1) is 14.6. The maximum Gasteiger partial charge on any atom is 0.296 e. The van der Waals surface area contributed by atoms with E-state index in [1.54, 1.807) is 12.1 Å². The number of nitro benzene ring substituents is 1. The molecule has 0 aliphatic heterocycles. The molecule has 0 spiro atoms. The van der Waals surface area contributed by atoms with Crippen LogP contribution in [0.15, 0.2) is 18.2 Å². The molecule has 0 saturated heterocycles. The molecule has 2 unspecified atom stereocenters. The molecule has 5 heteroatoms. The molecule has 1 aromatic carbocycles. The van der Waals surface area contributed by atoms with E-state index in [9.17, 15) is 10.1 Å². The van der Waals surface area contributed by atoms with Crippen LogP contribution in [0.3, 0.4) is 0 Å². The first-order valence-corrected chi connectivity index (χ1v) is 7.28. The van der Waals surface area contributed by atoms with Gasteiger partial charge in [-0.15, -0.1) is 0 Å². The molecule has 1 fully saturated rings. The summed E-state index contributed by atoms with van der Waals surface area (Å²) in [6.45, 7) is 4.60. The number of benzene rings is 1. The van der Waals surface area contributed by atoms with Crippen molar-refractivity contribution in [3.05, 3.63) is 28.3 Å². The van der Waals surface area contributed by atoms with E-state index in [2.05, 4.69) is 12.2 Å². The lowest BCUT2D eigenvalue weighted by atomic mass is 9.87. The Morgan fingerprint density at radius 1 is 1.45 bits per heavy atom. The van der Waals surface area contributed by atoms with Crippen molar-refractivity contribution in [3.8, 4) is 5.75 Å². The van der Waals surface area contributed by atoms with Crippen LogP contribution in [-0.4, -0.2) is 17.6 Å². The molecule has 0 amide bonds. The van der Waals surface area contributed by atoms with Gasteiger partial charge in [0.25, 0.3) is 5.69 Å². The number of nitrogens with zero attached hydrogens (tertiary/aromatic N) is 1. The van der Waals surface area contributed by atoms with E-state index >= 15 is 0 Å². The van der Waals surface area contributed by atoms with Crippen molar-refractivity contribution in [2.45, 2.75) is 45.6 Å². The zero-order valence-corrected chi connectivity index (χ0v) is 12.1. The summed E-state index contributed by atoms with van der Waals surface area (Å²) in [7, 11) is 0. The number of nitrogens with one attached hydrogen (secondary N) is 1. The highest BCUT2D eigenvalue weighted by atomic mass is 16.6. The van der Waals surface area contributed by atoms with Crippen LogP contribution in [0, 0.1) is 16.0 Å². The molecule has 2 atom stereocenters. The van der Waals surface area contributed by atoms with Crippen molar-refractivity contribution in [3.63, 3.8) is 0 Å². The van der Waals surface area contributed by atoms with Gasteiger partial charge in [0, 0.05) is 6.04 Å². The van der Waals surface area contributed by atoms with Crippen LogP contribution in [0.25, 0.3) is 0 Å². The molecule has 110 valence electrons. The fourth-order valence-corrected chi connectivity index (χ4v) is 2.83.